The minimum atomic E-state index is -0.204. The Kier molecular flexibility index (Phi) is 7.04. The Hall–Kier alpha value is -3.25. The Morgan fingerprint density at radius 2 is 1.91 bits per heavy atom. The average Bonchev–Trinajstić information content (AvgIpc) is 2.79. The van der Waals surface area contributed by atoms with E-state index in [-0.39, 0.29) is 18.0 Å². The van der Waals surface area contributed by atoms with Crippen LogP contribution in [0.2, 0.25) is 0 Å². The van der Waals surface area contributed by atoms with E-state index in [0.717, 1.165) is 47.6 Å². The highest BCUT2D eigenvalue weighted by Crippen LogP contribution is 2.19. The molecule has 2 heterocycles. The molecule has 3 aromatic rings. The summed E-state index contributed by atoms with van der Waals surface area (Å²) >= 11 is 0. The number of carbonyl (C=O) groups excluding carboxylic acids is 1. The van der Waals surface area contributed by atoms with Crippen molar-refractivity contribution in [1.29, 1.82) is 0 Å². The first-order chi connectivity index (χ1) is 15.9. The number of nitrogens with zero attached hydrogens (tertiary/aromatic N) is 3. The van der Waals surface area contributed by atoms with Crippen LogP contribution in [0.5, 0.6) is 0 Å². The number of hydrogen-bond acceptors (Lipinski definition) is 4. The highest BCUT2D eigenvalue weighted by molar-refractivity contribution is 5.91. The summed E-state index contributed by atoms with van der Waals surface area (Å²) in [5.74, 6) is 0.489. The maximum atomic E-state index is 13.4. The molecule has 6 heteroatoms. The van der Waals surface area contributed by atoms with Crippen LogP contribution in [0.25, 0.3) is 0 Å². The van der Waals surface area contributed by atoms with Crippen molar-refractivity contribution < 1.29 is 4.79 Å². The first-order valence-electron chi connectivity index (χ1n) is 11.7. The van der Waals surface area contributed by atoms with E-state index in [1.807, 2.05) is 50.2 Å². The number of benzene rings is 2. The van der Waals surface area contributed by atoms with E-state index >= 15 is 0 Å². The Bertz CT molecular complexity index is 1200. The predicted octanol–water partition coefficient (Wildman–Crippen LogP) is 4.01. The van der Waals surface area contributed by atoms with Crippen LogP contribution in [0, 0.1) is 13.8 Å². The molecule has 1 aromatic heterocycles. The van der Waals surface area contributed by atoms with Crippen LogP contribution in [0.3, 0.4) is 0 Å². The van der Waals surface area contributed by atoms with Gasteiger partial charge in [-0.15, -0.1) is 0 Å². The number of aryl methyl sites for hydroxylation is 3. The van der Waals surface area contributed by atoms with E-state index in [2.05, 4.69) is 29.3 Å². The largest absolute Gasteiger partial charge is 0.324 e. The molecule has 0 saturated heterocycles. The minimum absolute atomic E-state index is 0.0184. The molecular weight excluding hydrogens is 412 g/mol. The molecule has 1 aliphatic rings. The maximum Gasteiger partial charge on any atom is 0.257 e. The molecule has 33 heavy (non-hydrogen) atoms. The molecule has 0 bridgehead atoms. The maximum absolute atomic E-state index is 13.4. The van der Waals surface area contributed by atoms with Crippen molar-refractivity contribution in [2.75, 3.05) is 11.9 Å². The van der Waals surface area contributed by atoms with Crippen LogP contribution >= 0.6 is 0 Å². The van der Waals surface area contributed by atoms with Crippen molar-refractivity contribution >= 4 is 11.6 Å². The highest BCUT2D eigenvalue weighted by Gasteiger charge is 2.24. The van der Waals surface area contributed by atoms with Gasteiger partial charge in [-0.2, -0.15) is 0 Å². The molecule has 2 aromatic carbocycles. The Morgan fingerprint density at radius 3 is 2.64 bits per heavy atom. The van der Waals surface area contributed by atoms with Gasteiger partial charge < -0.3 is 5.32 Å². The zero-order chi connectivity index (χ0) is 23.4. The third-order valence-electron chi connectivity index (χ3n) is 6.16. The zero-order valence-electron chi connectivity index (χ0n) is 19.7. The lowest BCUT2D eigenvalue weighted by Crippen LogP contribution is -2.40. The van der Waals surface area contributed by atoms with Crippen LogP contribution in [0.4, 0.5) is 5.69 Å². The summed E-state index contributed by atoms with van der Waals surface area (Å²) in [6, 6.07) is 16.3. The van der Waals surface area contributed by atoms with Crippen LogP contribution in [-0.2, 0) is 37.3 Å². The van der Waals surface area contributed by atoms with Crippen molar-refractivity contribution in [2.24, 2.45) is 0 Å². The Balaban J connectivity index is 1.55. The van der Waals surface area contributed by atoms with Crippen LogP contribution in [0.1, 0.15) is 47.1 Å². The van der Waals surface area contributed by atoms with E-state index in [9.17, 15) is 9.59 Å². The van der Waals surface area contributed by atoms with Crippen LogP contribution in [0.15, 0.2) is 53.3 Å². The van der Waals surface area contributed by atoms with Gasteiger partial charge in [-0.3, -0.25) is 19.1 Å². The molecule has 0 aliphatic carbocycles. The second kappa shape index (κ2) is 10.1. The van der Waals surface area contributed by atoms with Gasteiger partial charge in [0.15, 0.2) is 0 Å². The fourth-order valence-electron chi connectivity index (χ4n) is 4.47. The number of hydrogen-bond donors (Lipinski definition) is 1. The predicted molar refractivity (Wildman–Crippen MR) is 131 cm³/mol. The molecular formula is C27H32N4O2. The number of amides is 1. The second-order valence-electron chi connectivity index (χ2n) is 8.91. The van der Waals surface area contributed by atoms with E-state index in [1.165, 1.54) is 5.56 Å². The van der Waals surface area contributed by atoms with Crippen molar-refractivity contribution in [3.63, 3.8) is 0 Å². The van der Waals surface area contributed by atoms with Gasteiger partial charge in [-0.05, 0) is 43.9 Å². The molecule has 0 radical (unpaired) electrons. The summed E-state index contributed by atoms with van der Waals surface area (Å²) in [4.78, 5) is 33.5. The molecule has 0 atom stereocenters. The van der Waals surface area contributed by atoms with Crippen molar-refractivity contribution in [3.05, 3.63) is 92.7 Å². The number of aromatic nitrogens is 2. The molecule has 4 rings (SSSR count). The standard InChI is InChI=1S/C27H32N4O2/c1-4-8-25-28-24-17-30(16-21-9-6-5-7-10-21)14-13-22(24)27(33)31(25)18-26(32)29-23-12-11-19(2)15-20(23)3/h5-7,9-12,15H,4,8,13-14,16-18H2,1-3H3,(H,29,32). The zero-order valence-corrected chi connectivity index (χ0v) is 19.7. The van der Waals surface area contributed by atoms with E-state index < -0.39 is 0 Å². The van der Waals surface area contributed by atoms with Crippen molar-refractivity contribution in [1.82, 2.24) is 14.5 Å². The lowest BCUT2D eigenvalue weighted by molar-refractivity contribution is -0.116. The van der Waals surface area contributed by atoms with Crippen LogP contribution < -0.4 is 10.9 Å². The first-order valence-corrected chi connectivity index (χ1v) is 11.7. The highest BCUT2D eigenvalue weighted by atomic mass is 16.2. The topological polar surface area (TPSA) is 67.2 Å². The quantitative estimate of drug-likeness (QED) is 0.598. The molecule has 0 unspecified atom stereocenters. The molecule has 0 fully saturated rings. The molecule has 0 saturated carbocycles. The van der Waals surface area contributed by atoms with Gasteiger partial charge in [0, 0.05) is 37.3 Å². The van der Waals surface area contributed by atoms with Gasteiger partial charge in [0.2, 0.25) is 5.91 Å². The second-order valence-corrected chi connectivity index (χ2v) is 8.91. The number of rotatable bonds is 7. The Morgan fingerprint density at radius 1 is 1.12 bits per heavy atom. The average molecular weight is 445 g/mol. The fourth-order valence-corrected chi connectivity index (χ4v) is 4.47. The molecule has 1 N–H and O–H groups in total. The third-order valence-corrected chi connectivity index (χ3v) is 6.16. The molecule has 6 nitrogen and oxygen atoms in total. The SMILES string of the molecule is CCCc1nc2c(c(=O)n1CC(=O)Nc1ccc(C)cc1C)CCN(Cc1ccccc1)C2. The summed E-state index contributed by atoms with van der Waals surface area (Å²) in [5.41, 5.74) is 5.72. The molecule has 1 amide bonds. The minimum Gasteiger partial charge on any atom is -0.324 e. The molecule has 1 aliphatic heterocycles. The summed E-state index contributed by atoms with van der Waals surface area (Å²) in [6.07, 6.45) is 2.18. The summed E-state index contributed by atoms with van der Waals surface area (Å²) in [5, 5.41) is 2.96. The van der Waals surface area contributed by atoms with Crippen molar-refractivity contribution in [3.8, 4) is 0 Å². The van der Waals surface area contributed by atoms with Gasteiger partial charge in [0.1, 0.15) is 12.4 Å². The smallest absolute Gasteiger partial charge is 0.257 e. The van der Waals surface area contributed by atoms with Gasteiger partial charge in [0.25, 0.3) is 5.56 Å². The van der Waals surface area contributed by atoms with E-state index in [4.69, 9.17) is 4.98 Å². The van der Waals surface area contributed by atoms with Gasteiger partial charge in [-0.1, -0.05) is 55.0 Å². The van der Waals surface area contributed by atoms with E-state index in [0.29, 0.717) is 25.2 Å². The number of carbonyl (C=O) groups is 1. The molecule has 172 valence electrons. The summed E-state index contributed by atoms with van der Waals surface area (Å²) < 4.78 is 1.58. The third kappa shape index (κ3) is 5.40. The lowest BCUT2D eigenvalue weighted by atomic mass is 10.0. The number of fused-ring (bicyclic) bond motifs is 1. The number of anilines is 1. The summed E-state index contributed by atoms with van der Waals surface area (Å²) in [7, 11) is 0. The normalized spacial score (nSPS) is 13.5. The van der Waals surface area contributed by atoms with Crippen LogP contribution in [-0.4, -0.2) is 26.9 Å². The van der Waals surface area contributed by atoms with E-state index in [1.54, 1.807) is 4.57 Å². The fraction of sp³-hybridized carbons (Fsp3) is 0.370. The molecule has 0 spiro atoms. The summed E-state index contributed by atoms with van der Waals surface area (Å²) in [6.45, 7) is 8.34. The number of nitrogens with one attached hydrogen (secondary N) is 1. The van der Waals surface area contributed by atoms with Gasteiger partial charge in [0.05, 0.1) is 5.69 Å². The van der Waals surface area contributed by atoms with Crippen molar-refractivity contribution in [2.45, 2.75) is 59.7 Å². The van der Waals surface area contributed by atoms with Gasteiger partial charge in [-0.25, -0.2) is 4.98 Å². The van der Waals surface area contributed by atoms with Gasteiger partial charge >= 0.3 is 0 Å². The first kappa shape index (κ1) is 22.9. The lowest BCUT2D eigenvalue weighted by Gasteiger charge is -2.29. The monoisotopic (exact) mass is 444 g/mol. The Labute approximate surface area is 195 Å².